The average Bonchev–Trinajstić information content (AvgIpc) is 2.84. The van der Waals surface area contributed by atoms with Crippen LogP contribution in [0.15, 0.2) is 30.5 Å². The molecule has 1 atom stereocenters. The first-order valence-corrected chi connectivity index (χ1v) is 8.56. The number of urea groups is 1. The molecule has 3 rings (SSSR count). The summed E-state index contributed by atoms with van der Waals surface area (Å²) in [5.74, 6) is 1.24. The molecule has 3 heterocycles. The fourth-order valence-corrected chi connectivity index (χ4v) is 3.31. The maximum atomic E-state index is 12.8. The number of likely N-dealkylation sites (tertiary alicyclic amines) is 1. The van der Waals surface area contributed by atoms with Crippen LogP contribution in [0.5, 0.6) is 0 Å². The Morgan fingerprint density at radius 1 is 1.40 bits per heavy atom. The van der Waals surface area contributed by atoms with E-state index in [9.17, 15) is 9.90 Å². The molecule has 134 valence electrons. The standard InChI is InChI=1S/C18H25N5O2/c1-13-10-16(23(21-13)15-6-4-5-8-19-15)20-17(25)22-9-7-14(24)11-18(2,3)12-22/h4-6,8,10,14,24H,7,9,11-12H2,1-3H3,(H,20,25). The van der Waals surface area contributed by atoms with Crippen molar-refractivity contribution in [1.29, 1.82) is 0 Å². The lowest BCUT2D eigenvalue weighted by Crippen LogP contribution is -2.40. The van der Waals surface area contributed by atoms with Gasteiger partial charge in [0.15, 0.2) is 5.82 Å². The number of aliphatic hydroxyl groups is 1. The molecule has 1 aliphatic heterocycles. The second kappa shape index (κ2) is 6.84. The molecule has 2 aromatic heterocycles. The van der Waals surface area contributed by atoms with E-state index in [0.29, 0.717) is 37.6 Å². The number of aliphatic hydroxyl groups excluding tert-OH is 1. The zero-order valence-electron chi connectivity index (χ0n) is 14.9. The van der Waals surface area contributed by atoms with Crippen molar-refractivity contribution in [3.63, 3.8) is 0 Å². The molecule has 25 heavy (non-hydrogen) atoms. The van der Waals surface area contributed by atoms with Crippen molar-refractivity contribution < 1.29 is 9.90 Å². The van der Waals surface area contributed by atoms with Gasteiger partial charge >= 0.3 is 6.03 Å². The normalized spacial score (nSPS) is 20.2. The number of anilines is 1. The molecule has 7 nitrogen and oxygen atoms in total. The van der Waals surface area contributed by atoms with Crippen LogP contribution in [0.4, 0.5) is 10.6 Å². The molecular weight excluding hydrogens is 318 g/mol. The molecule has 0 saturated carbocycles. The minimum atomic E-state index is -0.367. The topological polar surface area (TPSA) is 83.3 Å². The minimum Gasteiger partial charge on any atom is -0.393 e. The summed E-state index contributed by atoms with van der Waals surface area (Å²) in [6.45, 7) is 7.16. The van der Waals surface area contributed by atoms with E-state index < -0.39 is 0 Å². The van der Waals surface area contributed by atoms with E-state index in [2.05, 4.69) is 29.2 Å². The Bertz CT molecular complexity index is 741. The van der Waals surface area contributed by atoms with Crippen molar-refractivity contribution in [1.82, 2.24) is 19.7 Å². The molecule has 1 fully saturated rings. The maximum Gasteiger partial charge on any atom is 0.323 e. The number of hydrogen-bond acceptors (Lipinski definition) is 4. The van der Waals surface area contributed by atoms with Gasteiger partial charge in [0.1, 0.15) is 5.82 Å². The molecule has 2 aromatic rings. The van der Waals surface area contributed by atoms with E-state index in [0.717, 1.165) is 5.69 Å². The van der Waals surface area contributed by atoms with Crippen LogP contribution in [0.1, 0.15) is 32.4 Å². The molecule has 0 spiro atoms. The third kappa shape index (κ3) is 4.17. The van der Waals surface area contributed by atoms with Gasteiger partial charge in [-0.15, -0.1) is 0 Å². The van der Waals surface area contributed by atoms with Crippen molar-refractivity contribution >= 4 is 11.8 Å². The largest absolute Gasteiger partial charge is 0.393 e. The second-order valence-electron chi connectivity index (χ2n) is 7.43. The summed E-state index contributed by atoms with van der Waals surface area (Å²) in [6, 6.07) is 7.20. The predicted octanol–water partition coefficient (Wildman–Crippen LogP) is 2.59. The fourth-order valence-electron chi connectivity index (χ4n) is 3.31. The van der Waals surface area contributed by atoms with Crippen LogP contribution in [-0.4, -0.2) is 50.0 Å². The Kier molecular flexibility index (Phi) is 4.76. The molecule has 7 heteroatoms. The van der Waals surface area contributed by atoms with E-state index in [4.69, 9.17) is 0 Å². The monoisotopic (exact) mass is 343 g/mol. The molecular formula is C18H25N5O2. The van der Waals surface area contributed by atoms with Crippen LogP contribution >= 0.6 is 0 Å². The van der Waals surface area contributed by atoms with Crippen molar-refractivity contribution in [2.24, 2.45) is 5.41 Å². The van der Waals surface area contributed by atoms with Gasteiger partial charge in [0.25, 0.3) is 0 Å². The highest BCUT2D eigenvalue weighted by Crippen LogP contribution is 2.28. The Labute approximate surface area is 147 Å². The zero-order chi connectivity index (χ0) is 18.0. The van der Waals surface area contributed by atoms with Crippen molar-refractivity contribution in [3.05, 3.63) is 36.2 Å². The van der Waals surface area contributed by atoms with Crippen LogP contribution in [-0.2, 0) is 0 Å². The van der Waals surface area contributed by atoms with Crippen molar-refractivity contribution in [3.8, 4) is 5.82 Å². The number of aromatic nitrogens is 3. The van der Waals surface area contributed by atoms with Gasteiger partial charge in [-0.2, -0.15) is 9.78 Å². The summed E-state index contributed by atoms with van der Waals surface area (Å²) in [5, 5.41) is 17.4. The van der Waals surface area contributed by atoms with E-state index >= 15 is 0 Å². The first kappa shape index (κ1) is 17.4. The Balaban J connectivity index is 1.79. The number of nitrogens with one attached hydrogen (secondary N) is 1. The number of hydrogen-bond donors (Lipinski definition) is 2. The number of nitrogens with zero attached hydrogens (tertiary/aromatic N) is 4. The quantitative estimate of drug-likeness (QED) is 0.878. The van der Waals surface area contributed by atoms with Gasteiger partial charge in [0.05, 0.1) is 11.8 Å². The van der Waals surface area contributed by atoms with Gasteiger partial charge in [0.2, 0.25) is 0 Å². The summed E-state index contributed by atoms with van der Waals surface area (Å²) in [6.07, 6.45) is 2.61. The molecule has 1 saturated heterocycles. The van der Waals surface area contributed by atoms with Crippen molar-refractivity contribution in [2.75, 3.05) is 18.4 Å². The SMILES string of the molecule is Cc1cc(NC(=O)N2CCC(O)CC(C)(C)C2)n(-c2ccccn2)n1. The highest BCUT2D eigenvalue weighted by molar-refractivity contribution is 5.88. The molecule has 0 radical (unpaired) electrons. The first-order valence-electron chi connectivity index (χ1n) is 8.56. The lowest BCUT2D eigenvalue weighted by Gasteiger charge is -2.29. The van der Waals surface area contributed by atoms with Gasteiger partial charge in [-0.1, -0.05) is 19.9 Å². The van der Waals surface area contributed by atoms with Gasteiger partial charge < -0.3 is 10.0 Å². The van der Waals surface area contributed by atoms with Crippen LogP contribution in [0, 0.1) is 12.3 Å². The van der Waals surface area contributed by atoms with Crippen LogP contribution in [0.3, 0.4) is 0 Å². The molecule has 0 aromatic carbocycles. The smallest absolute Gasteiger partial charge is 0.323 e. The second-order valence-corrected chi connectivity index (χ2v) is 7.43. The highest BCUT2D eigenvalue weighted by atomic mass is 16.3. The van der Waals surface area contributed by atoms with Gasteiger partial charge in [-0.3, -0.25) is 5.32 Å². The summed E-state index contributed by atoms with van der Waals surface area (Å²) >= 11 is 0. The zero-order valence-corrected chi connectivity index (χ0v) is 14.9. The summed E-state index contributed by atoms with van der Waals surface area (Å²) < 4.78 is 1.63. The number of amides is 2. The maximum absolute atomic E-state index is 12.8. The average molecular weight is 343 g/mol. The van der Waals surface area contributed by atoms with Crippen LogP contribution in [0.25, 0.3) is 5.82 Å². The van der Waals surface area contributed by atoms with E-state index in [-0.39, 0.29) is 17.6 Å². The molecule has 0 aliphatic carbocycles. The predicted molar refractivity (Wildman–Crippen MR) is 95.7 cm³/mol. The molecule has 2 amide bonds. The third-order valence-electron chi connectivity index (χ3n) is 4.36. The molecule has 2 N–H and O–H groups in total. The van der Waals surface area contributed by atoms with E-state index in [1.54, 1.807) is 15.8 Å². The van der Waals surface area contributed by atoms with Crippen LogP contribution in [0.2, 0.25) is 0 Å². The fraction of sp³-hybridized carbons (Fsp3) is 0.500. The first-order chi connectivity index (χ1) is 11.8. The van der Waals surface area contributed by atoms with Gasteiger partial charge in [0, 0.05) is 25.4 Å². The summed E-state index contributed by atoms with van der Waals surface area (Å²) in [7, 11) is 0. The Morgan fingerprint density at radius 3 is 2.92 bits per heavy atom. The number of rotatable bonds is 2. The summed E-state index contributed by atoms with van der Waals surface area (Å²) in [5.41, 5.74) is 0.678. The highest BCUT2D eigenvalue weighted by Gasteiger charge is 2.31. The lowest BCUT2D eigenvalue weighted by atomic mass is 9.87. The number of carbonyl (C=O) groups is 1. The van der Waals surface area contributed by atoms with Crippen molar-refractivity contribution in [2.45, 2.75) is 39.7 Å². The van der Waals surface area contributed by atoms with Gasteiger partial charge in [-0.05, 0) is 37.3 Å². The number of aryl methyl sites for hydroxylation is 1. The van der Waals surface area contributed by atoms with Gasteiger partial charge in [-0.25, -0.2) is 9.78 Å². The lowest BCUT2D eigenvalue weighted by molar-refractivity contribution is 0.122. The molecule has 0 bridgehead atoms. The Morgan fingerprint density at radius 2 is 2.20 bits per heavy atom. The Hall–Kier alpha value is -2.41. The third-order valence-corrected chi connectivity index (χ3v) is 4.36. The van der Waals surface area contributed by atoms with Crippen LogP contribution < -0.4 is 5.32 Å². The molecule has 1 unspecified atom stereocenters. The van der Waals surface area contributed by atoms with E-state index in [1.807, 2.05) is 31.2 Å². The summed E-state index contributed by atoms with van der Waals surface area (Å²) in [4.78, 5) is 18.8. The minimum absolute atomic E-state index is 0.121. The molecule has 1 aliphatic rings. The number of carbonyl (C=O) groups excluding carboxylic acids is 1. The van der Waals surface area contributed by atoms with E-state index in [1.165, 1.54) is 0 Å². The number of pyridine rings is 1.